The predicted molar refractivity (Wildman–Crippen MR) is 66.4 cm³/mol. The third kappa shape index (κ3) is 3.83. The molecule has 19 heavy (non-hydrogen) atoms. The summed E-state index contributed by atoms with van der Waals surface area (Å²) in [6, 6.07) is 0.770. The highest BCUT2D eigenvalue weighted by Crippen LogP contribution is 2.12. The van der Waals surface area contributed by atoms with E-state index in [1.165, 1.54) is 9.80 Å². The summed E-state index contributed by atoms with van der Waals surface area (Å²) < 4.78 is 5.09. The van der Waals surface area contributed by atoms with E-state index in [1.807, 2.05) is 0 Å². The number of carboxylic acid groups (broad SMARTS) is 1. The van der Waals surface area contributed by atoms with Crippen molar-refractivity contribution in [1.29, 1.82) is 5.26 Å². The Morgan fingerprint density at radius 3 is 2.84 bits per heavy atom. The Morgan fingerprint density at radius 1 is 1.63 bits per heavy atom. The average Bonchev–Trinajstić information content (AvgIpc) is 2.43. The van der Waals surface area contributed by atoms with Crippen LogP contribution in [-0.4, -0.2) is 65.8 Å². The number of nitriles is 1. The van der Waals surface area contributed by atoms with Crippen molar-refractivity contribution in [3.8, 4) is 6.07 Å². The molecule has 0 bridgehead atoms. The first-order valence-electron chi connectivity index (χ1n) is 6.27. The number of ether oxygens (including phenoxy) is 1. The Labute approximate surface area is 112 Å². The van der Waals surface area contributed by atoms with Crippen LogP contribution in [0.15, 0.2) is 0 Å². The Hall–Kier alpha value is -1.81. The summed E-state index contributed by atoms with van der Waals surface area (Å²) in [7, 11) is 0. The van der Waals surface area contributed by atoms with Gasteiger partial charge in [-0.15, -0.1) is 0 Å². The zero-order valence-corrected chi connectivity index (χ0v) is 11.2. The molecule has 1 rings (SSSR count). The average molecular weight is 269 g/mol. The second-order valence-corrected chi connectivity index (χ2v) is 4.47. The van der Waals surface area contributed by atoms with Gasteiger partial charge in [0.1, 0.15) is 0 Å². The van der Waals surface area contributed by atoms with E-state index in [0.717, 1.165) is 0 Å². The first-order valence-corrected chi connectivity index (χ1v) is 6.27. The molecule has 0 aromatic heterocycles. The molecule has 7 nitrogen and oxygen atoms in total. The highest BCUT2D eigenvalue weighted by atomic mass is 16.5. The standard InChI is InChI=1S/C12H19N3O4/c1-3-14(7-9(2)6-13)12(18)15-4-5-19-8-10(15)11(16)17/h9-10H,3-5,7-8H2,1-2H3,(H,16,17). The molecule has 1 aliphatic rings. The predicted octanol–water partition coefficient (Wildman–Crippen LogP) is 0.373. The molecule has 2 unspecified atom stereocenters. The number of nitrogens with zero attached hydrogens (tertiary/aromatic N) is 3. The van der Waals surface area contributed by atoms with E-state index in [2.05, 4.69) is 6.07 Å². The zero-order valence-electron chi connectivity index (χ0n) is 11.2. The van der Waals surface area contributed by atoms with Crippen molar-refractivity contribution in [2.75, 3.05) is 32.8 Å². The maximum Gasteiger partial charge on any atom is 0.328 e. The number of morpholine rings is 1. The third-order valence-electron chi connectivity index (χ3n) is 3.03. The molecule has 0 aromatic carbocycles. The molecule has 2 atom stereocenters. The van der Waals surface area contributed by atoms with Crippen molar-refractivity contribution in [3.63, 3.8) is 0 Å². The second kappa shape index (κ2) is 6.95. The summed E-state index contributed by atoms with van der Waals surface area (Å²) in [4.78, 5) is 26.2. The molecule has 1 heterocycles. The molecule has 7 heteroatoms. The fourth-order valence-electron chi connectivity index (χ4n) is 1.93. The van der Waals surface area contributed by atoms with Crippen molar-refractivity contribution >= 4 is 12.0 Å². The van der Waals surface area contributed by atoms with Crippen molar-refractivity contribution in [2.24, 2.45) is 5.92 Å². The number of hydrogen-bond donors (Lipinski definition) is 1. The summed E-state index contributed by atoms with van der Waals surface area (Å²) in [5, 5.41) is 17.9. The fraction of sp³-hybridized carbons (Fsp3) is 0.750. The number of rotatable bonds is 4. The normalized spacial score (nSPS) is 20.5. The molecule has 1 fully saturated rings. The molecule has 106 valence electrons. The molecule has 0 saturated carbocycles. The number of urea groups is 1. The van der Waals surface area contributed by atoms with E-state index in [-0.39, 0.29) is 25.1 Å². The zero-order chi connectivity index (χ0) is 14.4. The minimum Gasteiger partial charge on any atom is -0.480 e. The lowest BCUT2D eigenvalue weighted by Gasteiger charge is -2.36. The molecular formula is C12H19N3O4. The molecule has 2 amide bonds. The number of carboxylic acids is 1. The summed E-state index contributed by atoms with van der Waals surface area (Å²) in [6.07, 6.45) is 0. The van der Waals surface area contributed by atoms with Gasteiger partial charge in [0, 0.05) is 19.6 Å². The smallest absolute Gasteiger partial charge is 0.328 e. The summed E-state index contributed by atoms with van der Waals surface area (Å²) >= 11 is 0. The maximum absolute atomic E-state index is 12.3. The molecule has 1 N–H and O–H groups in total. The molecule has 0 radical (unpaired) electrons. The summed E-state index contributed by atoms with van der Waals surface area (Å²) in [5.74, 6) is -1.36. The second-order valence-electron chi connectivity index (χ2n) is 4.47. The van der Waals surface area contributed by atoms with E-state index >= 15 is 0 Å². The van der Waals surface area contributed by atoms with Gasteiger partial charge in [-0.3, -0.25) is 0 Å². The van der Waals surface area contributed by atoms with Gasteiger partial charge >= 0.3 is 12.0 Å². The van der Waals surface area contributed by atoms with Gasteiger partial charge in [-0.05, 0) is 13.8 Å². The number of hydrogen-bond acceptors (Lipinski definition) is 4. The Balaban J connectivity index is 2.77. The summed E-state index contributed by atoms with van der Waals surface area (Å²) in [6.45, 7) is 4.87. The van der Waals surface area contributed by atoms with Crippen LogP contribution in [-0.2, 0) is 9.53 Å². The van der Waals surface area contributed by atoms with E-state index < -0.39 is 12.0 Å². The lowest BCUT2D eigenvalue weighted by Crippen LogP contribution is -2.57. The molecule has 1 aliphatic heterocycles. The van der Waals surface area contributed by atoms with E-state index in [9.17, 15) is 9.59 Å². The summed E-state index contributed by atoms with van der Waals surface area (Å²) in [5.41, 5.74) is 0. The van der Waals surface area contributed by atoms with Crippen LogP contribution in [0.5, 0.6) is 0 Å². The first kappa shape index (κ1) is 15.2. The fourth-order valence-corrected chi connectivity index (χ4v) is 1.93. The number of amides is 2. The van der Waals surface area contributed by atoms with Gasteiger partial charge < -0.3 is 19.6 Å². The van der Waals surface area contributed by atoms with Crippen molar-refractivity contribution in [3.05, 3.63) is 0 Å². The molecular weight excluding hydrogens is 250 g/mol. The van der Waals surface area contributed by atoms with Crippen LogP contribution in [0.3, 0.4) is 0 Å². The monoisotopic (exact) mass is 269 g/mol. The van der Waals surface area contributed by atoms with E-state index in [4.69, 9.17) is 15.1 Å². The third-order valence-corrected chi connectivity index (χ3v) is 3.03. The first-order chi connectivity index (χ1) is 9.01. The van der Waals surface area contributed by atoms with Crippen LogP contribution in [0.1, 0.15) is 13.8 Å². The molecule has 0 aliphatic carbocycles. The van der Waals surface area contributed by atoms with E-state index in [0.29, 0.717) is 19.7 Å². The van der Waals surface area contributed by atoms with Gasteiger partial charge in [0.25, 0.3) is 0 Å². The quantitative estimate of drug-likeness (QED) is 0.796. The highest BCUT2D eigenvalue weighted by Gasteiger charge is 2.34. The van der Waals surface area contributed by atoms with Crippen molar-refractivity contribution < 1.29 is 19.4 Å². The highest BCUT2D eigenvalue weighted by molar-refractivity contribution is 5.83. The van der Waals surface area contributed by atoms with Crippen molar-refractivity contribution in [2.45, 2.75) is 19.9 Å². The van der Waals surface area contributed by atoms with Crippen LogP contribution in [0.25, 0.3) is 0 Å². The van der Waals surface area contributed by atoms with Gasteiger partial charge in [0.2, 0.25) is 0 Å². The van der Waals surface area contributed by atoms with Gasteiger partial charge in [0.15, 0.2) is 6.04 Å². The maximum atomic E-state index is 12.3. The number of aliphatic carboxylic acids is 1. The van der Waals surface area contributed by atoms with Crippen LogP contribution in [0, 0.1) is 17.2 Å². The van der Waals surface area contributed by atoms with Crippen LogP contribution in [0.4, 0.5) is 4.79 Å². The minimum atomic E-state index is -1.07. The topological polar surface area (TPSA) is 93.9 Å². The van der Waals surface area contributed by atoms with Crippen LogP contribution in [0.2, 0.25) is 0 Å². The molecule has 0 aromatic rings. The Kier molecular flexibility index (Phi) is 5.57. The van der Waals surface area contributed by atoms with Gasteiger partial charge in [0.05, 0.1) is 25.2 Å². The lowest BCUT2D eigenvalue weighted by molar-refractivity contribution is -0.147. The van der Waals surface area contributed by atoms with Crippen LogP contribution < -0.4 is 0 Å². The lowest BCUT2D eigenvalue weighted by atomic mass is 10.2. The Morgan fingerprint density at radius 2 is 2.32 bits per heavy atom. The van der Waals surface area contributed by atoms with Gasteiger partial charge in [-0.2, -0.15) is 5.26 Å². The van der Waals surface area contributed by atoms with Crippen molar-refractivity contribution in [1.82, 2.24) is 9.80 Å². The SMILES string of the molecule is CCN(CC(C)C#N)C(=O)N1CCOCC1C(=O)O. The molecule has 1 saturated heterocycles. The largest absolute Gasteiger partial charge is 0.480 e. The molecule has 0 spiro atoms. The minimum absolute atomic E-state index is 0.00638. The van der Waals surface area contributed by atoms with Gasteiger partial charge in [-0.25, -0.2) is 9.59 Å². The number of carbonyl (C=O) groups excluding carboxylic acids is 1. The van der Waals surface area contributed by atoms with Gasteiger partial charge in [-0.1, -0.05) is 0 Å². The van der Waals surface area contributed by atoms with Crippen LogP contribution >= 0.6 is 0 Å². The number of carbonyl (C=O) groups is 2. The Bertz CT molecular complexity index is 380. The van der Waals surface area contributed by atoms with E-state index in [1.54, 1.807) is 13.8 Å².